The second-order valence-corrected chi connectivity index (χ2v) is 18.4. The molecule has 17 heteroatoms. The van der Waals surface area contributed by atoms with Gasteiger partial charge in [0.25, 0.3) is 11.8 Å². The molecule has 0 bridgehead atoms. The van der Waals surface area contributed by atoms with Gasteiger partial charge in [0.15, 0.2) is 0 Å². The molecule has 0 radical (unpaired) electrons. The highest BCUT2D eigenvalue weighted by atomic mass is 32.2. The van der Waals surface area contributed by atoms with Crippen LogP contribution in [0.2, 0.25) is 0 Å². The molecule has 2 saturated carbocycles. The van der Waals surface area contributed by atoms with Gasteiger partial charge in [-0.15, -0.1) is 0 Å². The minimum Gasteiger partial charge on any atom is -0.497 e. The minimum absolute atomic E-state index is 0.0797. The summed E-state index contributed by atoms with van der Waals surface area (Å²) >= 11 is 0. The van der Waals surface area contributed by atoms with Crippen molar-refractivity contribution in [1.29, 1.82) is 0 Å². The van der Waals surface area contributed by atoms with Gasteiger partial charge in [-0.3, -0.25) is 28.8 Å². The van der Waals surface area contributed by atoms with Crippen LogP contribution in [0.3, 0.4) is 0 Å². The molecule has 0 spiro atoms. The maximum atomic E-state index is 15.1. The third-order valence-electron chi connectivity index (χ3n) is 11.3. The van der Waals surface area contributed by atoms with Gasteiger partial charge >= 0.3 is 11.7 Å². The number of nitrogens with zero attached hydrogens (tertiary/aromatic N) is 3. The van der Waals surface area contributed by atoms with E-state index in [2.05, 4.69) is 20.0 Å². The Kier molecular flexibility index (Phi) is 11.0. The number of aromatic amines is 1. The van der Waals surface area contributed by atoms with E-state index in [0.717, 1.165) is 4.90 Å². The molecule has 0 unspecified atom stereocenters. The number of nitrogens with one attached hydrogen (secondary N) is 3. The standard InChI is InChI=1S/C38H52N6O10S/c1-7-22-16-21(2)10-8-9-11-23-19-38(23,35(48)42-55(51,52)26-13-14-26)41-31(45)29-18-25(20-43(29)34(47)30(22)44(36(49)50)37(3,4)5)54-33-32(46)39-27-15-12-24(53-6)17-28(27)40-33/h9,11-12,15,17,21-23,25-26,29-30H,7-8,10,13-14,16,18-20H2,1-6H3,(H,39,46)(H,41,45)(H,42,48)(H,49,50)/t21-,22-,23-,25-,29+,30+,38-/m1/s1. The summed E-state index contributed by atoms with van der Waals surface area (Å²) in [5.74, 6) is -2.83. The van der Waals surface area contributed by atoms with Crippen molar-refractivity contribution < 1.29 is 42.2 Å². The van der Waals surface area contributed by atoms with E-state index in [1.54, 1.807) is 39.0 Å². The van der Waals surface area contributed by atoms with Crippen molar-refractivity contribution in [2.75, 3.05) is 13.7 Å². The second-order valence-electron chi connectivity index (χ2n) is 16.5. The van der Waals surface area contributed by atoms with E-state index in [-0.39, 0.29) is 31.2 Å². The number of carbonyl (C=O) groups excluding carboxylic acids is 3. The Labute approximate surface area is 320 Å². The molecule has 6 rings (SSSR count). The first-order valence-electron chi connectivity index (χ1n) is 19.0. The summed E-state index contributed by atoms with van der Waals surface area (Å²) in [6.45, 7) is 8.89. The van der Waals surface area contributed by atoms with Gasteiger partial charge in [0.05, 0.1) is 29.9 Å². The van der Waals surface area contributed by atoms with Gasteiger partial charge in [-0.2, -0.15) is 0 Å². The van der Waals surface area contributed by atoms with Gasteiger partial charge in [-0.1, -0.05) is 32.4 Å². The SMILES string of the molecule is CC[C@@H]1C[C@H](C)CCC=C[C@@H]2C[C@@]2(C(=O)NS(=O)(=O)C2CC2)NC(=O)[C@@H]2C[C@@H](Oc3nc4cc(OC)ccc4[nH]c3=O)CN2C(=O)[C@H]1N(C(=O)O)C(C)(C)C. The van der Waals surface area contributed by atoms with Gasteiger partial charge in [-0.25, -0.2) is 18.2 Å². The van der Waals surface area contributed by atoms with Crippen LogP contribution >= 0.6 is 0 Å². The smallest absolute Gasteiger partial charge is 0.408 e. The highest BCUT2D eigenvalue weighted by Crippen LogP contribution is 2.46. The number of ether oxygens (including phenoxy) is 2. The molecule has 1 aromatic carbocycles. The molecule has 300 valence electrons. The Hall–Kier alpha value is -4.67. The van der Waals surface area contributed by atoms with Crippen LogP contribution in [0, 0.1) is 17.8 Å². The monoisotopic (exact) mass is 784 g/mol. The largest absolute Gasteiger partial charge is 0.497 e. The van der Waals surface area contributed by atoms with Crippen molar-refractivity contribution >= 4 is 44.9 Å². The number of sulfonamides is 1. The lowest BCUT2D eigenvalue weighted by Crippen LogP contribution is -2.62. The predicted octanol–water partition coefficient (Wildman–Crippen LogP) is 3.31. The number of amides is 4. The Morgan fingerprint density at radius 2 is 1.87 bits per heavy atom. The summed E-state index contributed by atoms with van der Waals surface area (Å²) in [5, 5.41) is 12.8. The maximum Gasteiger partial charge on any atom is 0.408 e. The molecule has 55 heavy (non-hydrogen) atoms. The van der Waals surface area contributed by atoms with E-state index in [1.807, 2.05) is 26.0 Å². The average molecular weight is 785 g/mol. The molecular formula is C38H52N6O10S. The fraction of sp³-hybridized carbons (Fsp3) is 0.632. The molecule has 4 N–H and O–H groups in total. The topological polar surface area (TPSA) is 217 Å². The molecule has 1 aromatic heterocycles. The Balaban J connectivity index is 1.40. The summed E-state index contributed by atoms with van der Waals surface area (Å²) in [5.41, 5.74) is -2.43. The van der Waals surface area contributed by atoms with Crippen LogP contribution in [0.5, 0.6) is 11.6 Å². The Morgan fingerprint density at radius 1 is 1.15 bits per heavy atom. The summed E-state index contributed by atoms with van der Waals surface area (Å²) in [6, 6.07) is 2.46. The lowest BCUT2D eigenvalue weighted by Gasteiger charge is -2.44. The Bertz CT molecular complexity index is 2040. The third kappa shape index (κ3) is 8.31. The fourth-order valence-electron chi connectivity index (χ4n) is 8.06. The van der Waals surface area contributed by atoms with Crippen LogP contribution in [0.1, 0.15) is 86.0 Å². The number of aromatic nitrogens is 2. The quantitative estimate of drug-likeness (QED) is 0.285. The van der Waals surface area contributed by atoms with Crippen molar-refractivity contribution in [1.82, 2.24) is 29.8 Å². The van der Waals surface area contributed by atoms with E-state index in [1.165, 1.54) is 12.0 Å². The third-order valence-corrected chi connectivity index (χ3v) is 13.1. The summed E-state index contributed by atoms with van der Waals surface area (Å²) in [4.78, 5) is 79.2. The number of benzene rings is 1. The van der Waals surface area contributed by atoms with Crippen LogP contribution in [-0.2, 0) is 24.4 Å². The number of carboxylic acid groups (broad SMARTS) is 1. The minimum atomic E-state index is -3.95. The molecule has 3 fully saturated rings. The molecule has 2 aliphatic carbocycles. The number of hydrogen-bond donors (Lipinski definition) is 4. The lowest BCUT2D eigenvalue weighted by molar-refractivity contribution is -0.146. The number of hydrogen-bond acceptors (Lipinski definition) is 10. The number of rotatable bonds is 8. The van der Waals surface area contributed by atoms with Crippen LogP contribution in [-0.4, -0.2) is 105 Å². The number of carbonyl (C=O) groups is 4. The molecule has 7 atom stereocenters. The normalized spacial score (nSPS) is 28.9. The summed E-state index contributed by atoms with van der Waals surface area (Å²) in [7, 11) is -2.45. The van der Waals surface area contributed by atoms with Gasteiger partial charge in [-0.05, 0) is 83.3 Å². The van der Waals surface area contributed by atoms with E-state index in [4.69, 9.17) is 9.47 Å². The van der Waals surface area contributed by atoms with E-state index in [9.17, 15) is 32.7 Å². The van der Waals surface area contributed by atoms with Crippen molar-refractivity contribution in [3.8, 4) is 11.6 Å². The van der Waals surface area contributed by atoms with E-state index in [0.29, 0.717) is 55.3 Å². The van der Waals surface area contributed by atoms with Crippen LogP contribution < -0.4 is 25.1 Å². The van der Waals surface area contributed by atoms with Gasteiger partial charge in [0.1, 0.15) is 29.5 Å². The van der Waals surface area contributed by atoms with Crippen molar-refractivity contribution in [2.24, 2.45) is 17.8 Å². The Morgan fingerprint density at radius 3 is 2.51 bits per heavy atom. The lowest BCUT2D eigenvalue weighted by atomic mass is 9.82. The zero-order valence-electron chi connectivity index (χ0n) is 32.2. The summed E-state index contributed by atoms with van der Waals surface area (Å²) in [6.07, 6.45) is 4.76. The fourth-order valence-corrected chi connectivity index (χ4v) is 9.43. The van der Waals surface area contributed by atoms with Crippen molar-refractivity contribution in [3.05, 3.63) is 40.7 Å². The maximum absolute atomic E-state index is 15.1. The first kappa shape index (κ1) is 40.0. The summed E-state index contributed by atoms with van der Waals surface area (Å²) < 4.78 is 39.4. The first-order valence-corrected chi connectivity index (χ1v) is 20.5. The van der Waals surface area contributed by atoms with Gasteiger partial charge in [0, 0.05) is 23.9 Å². The molecule has 3 heterocycles. The second kappa shape index (κ2) is 15.1. The molecule has 1 saturated heterocycles. The van der Waals surface area contributed by atoms with Gasteiger partial charge in [0.2, 0.25) is 21.8 Å². The van der Waals surface area contributed by atoms with E-state index >= 15 is 4.79 Å². The van der Waals surface area contributed by atoms with Crippen LogP contribution in [0.15, 0.2) is 35.1 Å². The number of H-pyrrole nitrogens is 1. The van der Waals surface area contributed by atoms with E-state index < -0.39 is 85.7 Å². The molecule has 16 nitrogen and oxygen atoms in total. The molecular weight excluding hydrogens is 733 g/mol. The van der Waals surface area contributed by atoms with Crippen molar-refractivity contribution in [2.45, 2.75) is 121 Å². The van der Waals surface area contributed by atoms with Crippen LogP contribution in [0.25, 0.3) is 11.0 Å². The van der Waals surface area contributed by atoms with Crippen molar-refractivity contribution in [3.63, 3.8) is 0 Å². The molecule has 2 aliphatic heterocycles. The zero-order valence-corrected chi connectivity index (χ0v) is 33.0. The molecule has 4 amide bonds. The molecule has 2 aromatic rings. The highest BCUT2D eigenvalue weighted by Gasteiger charge is 2.62. The molecule has 4 aliphatic rings. The van der Waals surface area contributed by atoms with Gasteiger partial charge < -0.3 is 29.8 Å². The zero-order chi connectivity index (χ0) is 40.0. The number of allylic oxidation sites excluding steroid dienone is 1. The first-order chi connectivity index (χ1) is 25.9. The highest BCUT2D eigenvalue weighted by molar-refractivity contribution is 7.91. The number of fused-ring (bicyclic) bond motifs is 3. The predicted molar refractivity (Wildman–Crippen MR) is 202 cm³/mol. The van der Waals surface area contributed by atoms with Crippen LogP contribution in [0.4, 0.5) is 4.79 Å². The average Bonchev–Trinajstić information content (AvgIpc) is 4.04. The number of methoxy groups -OCH3 is 1.